The van der Waals surface area contributed by atoms with Crippen LogP contribution in [0.4, 0.5) is 10.5 Å². The highest BCUT2D eigenvalue weighted by molar-refractivity contribution is 7.89. The van der Waals surface area contributed by atoms with E-state index in [1.165, 1.54) is 24.5 Å². The fourth-order valence-corrected chi connectivity index (χ4v) is 7.49. The molecule has 2 atom stereocenters. The zero-order valence-electron chi connectivity index (χ0n) is 25.5. The summed E-state index contributed by atoms with van der Waals surface area (Å²) in [5.41, 5.74) is 6.64. The molecule has 0 saturated heterocycles. The smallest absolute Gasteiger partial charge is 0.407 e. The zero-order chi connectivity index (χ0) is 32.5. The van der Waals surface area contributed by atoms with Gasteiger partial charge in [0.2, 0.25) is 10.0 Å². The minimum absolute atomic E-state index is 0.124. The molecule has 0 aliphatic carbocycles. The molecule has 0 aliphatic heterocycles. The number of rotatable bonds is 13. The van der Waals surface area contributed by atoms with E-state index in [-0.39, 0.29) is 17.4 Å². The number of sulfonamides is 1. The fraction of sp³-hybridized carbons (Fsp3) is 0.229. The lowest BCUT2D eigenvalue weighted by molar-refractivity contribution is 0.168. The van der Waals surface area contributed by atoms with Crippen LogP contribution in [0.15, 0.2) is 119 Å². The Kier molecular flexibility index (Phi) is 10.9. The first-order chi connectivity index (χ1) is 22.3. The Balaban J connectivity index is 1.40. The molecule has 3 N–H and O–H groups in total. The number of alkyl carbamates (subject to hydrolysis) is 1. The van der Waals surface area contributed by atoms with Gasteiger partial charge in [0.1, 0.15) is 0 Å². The van der Waals surface area contributed by atoms with Crippen LogP contribution in [0, 0.1) is 0 Å². The minimum Gasteiger partial charge on any atom is -0.453 e. The van der Waals surface area contributed by atoms with Gasteiger partial charge in [-0.1, -0.05) is 78.9 Å². The number of nitrogens with one attached hydrogen (secondary N) is 2. The maximum atomic E-state index is 13.2. The molecule has 1 amide bonds. The van der Waals surface area contributed by atoms with Gasteiger partial charge in [-0.15, -0.1) is 11.3 Å². The largest absolute Gasteiger partial charge is 0.453 e. The number of hydrogen-bond donors (Lipinski definition) is 3. The Bertz CT molecular complexity index is 1860. The average Bonchev–Trinajstić information content (AvgIpc) is 3.56. The molecule has 9 nitrogen and oxygen atoms in total. The van der Waals surface area contributed by atoms with Crippen LogP contribution in [0.3, 0.4) is 0 Å². The number of aliphatic hydroxyl groups is 1. The van der Waals surface area contributed by atoms with Crippen molar-refractivity contribution in [3.63, 3.8) is 0 Å². The summed E-state index contributed by atoms with van der Waals surface area (Å²) in [6.07, 6.45) is 0.215. The van der Waals surface area contributed by atoms with Gasteiger partial charge < -0.3 is 15.2 Å². The molecule has 4 aromatic carbocycles. The standard InChI is InChI=1S/C35H36N4O5S2/c1-24(34(38-35(41)44-2)33(26-12-5-3-6-13-26)27-14-7-4-8-15-27)37-30-16-10-9-11-25(30)17-18-28(22-40)39-46(42,43)29-19-20-31-32(21-29)45-23-36-31/h3-16,19-21,23,28,33-34,39-40H,17-18,22H2,1-2H3,(H,38,41). The number of aliphatic imine (C=N–C) groups is 1. The van der Waals surface area contributed by atoms with E-state index in [4.69, 9.17) is 9.73 Å². The highest BCUT2D eigenvalue weighted by atomic mass is 32.2. The van der Waals surface area contributed by atoms with Crippen LogP contribution in [0.2, 0.25) is 0 Å². The topological polar surface area (TPSA) is 130 Å². The number of thiazole rings is 1. The molecule has 11 heteroatoms. The Morgan fingerprint density at radius 2 is 1.61 bits per heavy atom. The molecule has 1 aromatic heterocycles. The number of hydrogen-bond acceptors (Lipinski definition) is 8. The number of benzene rings is 4. The second-order valence-electron chi connectivity index (χ2n) is 10.8. The number of carbonyl (C=O) groups excluding carboxylic acids is 1. The summed E-state index contributed by atoms with van der Waals surface area (Å²) in [7, 11) is -2.54. The number of para-hydroxylation sites is 1. The van der Waals surface area contributed by atoms with Crippen molar-refractivity contribution in [2.45, 2.75) is 42.7 Å². The predicted octanol–water partition coefficient (Wildman–Crippen LogP) is 6.22. The summed E-state index contributed by atoms with van der Waals surface area (Å²) in [6, 6.07) is 31.0. The number of carbonyl (C=O) groups is 1. The first-order valence-corrected chi connectivity index (χ1v) is 17.2. The van der Waals surface area contributed by atoms with Crippen LogP contribution >= 0.6 is 11.3 Å². The fourth-order valence-electron chi connectivity index (χ4n) is 5.41. The Morgan fingerprint density at radius 1 is 0.957 bits per heavy atom. The minimum atomic E-state index is -3.87. The molecule has 1 heterocycles. The summed E-state index contributed by atoms with van der Waals surface area (Å²) < 4.78 is 34.8. The first kappa shape index (κ1) is 33.0. The number of aromatic nitrogens is 1. The van der Waals surface area contributed by atoms with Gasteiger partial charge in [0.05, 0.1) is 46.1 Å². The molecular formula is C35H36N4O5S2. The van der Waals surface area contributed by atoms with Gasteiger partial charge in [0.25, 0.3) is 0 Å². The first-order valence-electron chi connectivity index (χ1n) is 14.8. The molecule has 0 spiro atoms. The van der Waals surface area contributed by atoms with Crippen molar-refractivity contribution in [3.8, 4) is 0 Å². The molecule has 5 rings (SSSR count). The van der Waals surface area contributed by atoms with Crippen LogP contribution in [-0.2, 0) is 21.2 Å². The number of nitrogens with zero attached hydrogens (tertiary/aromatic N) is 2. The van der Waals surface area contributed by atoms with E-state index in [2.05, 4.69) is 15.0 Å². The molecule has 0 fully saturated rings. The Labute approximate surface area is 273 Å². The van der Waals surface area contributed by atoms with E-state index in [0.29, 0.717) is 24.2 Å². The van der Waals surface area contributed by atoms with E-state index in [1.807, 2.05) is 91.9 Å². The number of fused-ring (bicyclic) bond motifs is 1. The van der Waals surface area contributed by atoms with Gasteiger partial charge in [0, 0.05) is 17.7 Å². The molecular weight excluding hydrogens is 621 g/mol. The number of methoxy groups -OCH3 is 1. The van der Waals surface area contributed by atoms with Crippen LogP contribution in [-0.4, -0.2) is 56.1 Å². The summed E-state index contributed by atoms with van der Waals surface area (Å²) in [5, 5.41) is 13.1. The molecule has 2 unspecified atom stereocenters. The third kappa shape index (κ3) is 8.04. The van der Waals surface area contributed by atoms with E-state index in [1.54, 1.807) is 17.6 Å². The van der Waals surface area contributed by atoms with Gasteiger partial charge in [-0.3, -0.25) is 4.99 Å². The van der Waals surface area contributed by atoms with Crippen molar-refractivity contribution >= 4 is 49.1 Å². The Hall–Kier alpha value is -4.42. The number of aliphatic hydroxyl groups excluding tert-OH is 1. The Morgan fingerprint density at radius 3 is 2.26 bits per heavy atom. The highest BCUT2D eigenvalue weighted by Crippen LogP contribution is 2.31. The van der Waals surface area contributed by atoms with Crippen molar-refractivity contribution in [2.75, 3.05) is 13.7 Å². The van der Waals surface area contributed by atoms with E-state index >= 15 is 0 Å². The lowest BCUT2D eigenvalue weighted by Gasteiger charge is -2.29. The van der Waals surface area contributed by atoms with Crippen molar-refractivity contribution in [3.05, 3.63) is 125 Å². The quantitative estimate of drug-likeness (QED) is 0.129. The maximum absolute atomic E-state index is 13.2. The summed E-state index contributed by atoms with van der Waals surface area (Å²) >= 11 is 1.37. The zero-order valence-corrected chi connectivity index (χ0v) is 27.2. The van der Waals surface area contributed by atoms with Gasteiger partial charge in [-0.25, -0.2) is 22.9 Å². The number of ether oxygens (including phenoxy) is 1. The van der Waals surface area contributed by atoms with Crippen molar-refractivity contribution in [2.24, 2.45) is 4.99 Å². The normalized spacial score (nSPS) is 13.4. The summed E-state index contributed by atoms with van der Waals surface area (Å²) in [5.74, 6) is -0.255. The SMILES string of the molecule is COC(=O)NC(C(C)=Nc1ccccc1CCC(CO)NS(=O)(=O)c1ccc2ncsc2c1)C(c1ccccc1)c1ccccc1. The third-order valence-electron chi connectivity index (χ3n) is 7.77. The highest BCUT2D eigenvalue weighted by Gasteiger charge is 2.29. The van der Waals surface area contributed by atoms with Crippen molar-refractivity contribution < 1.29 is 23.1 Å². The van der Waals surface area contributed by atoms with Gasteiger partial charge in [0.15, 0.2) is 0 Å². The predicted molar refractivity (Wildman–Crippen MR) is 182 cm³/mol. The molecule has 46 heavy (non-hydrogen) atoms. The number of amides is 1. The maximum Gasteiger partial charge on any atom is 0.407 e. The van der Waals surface area contributed by atoms with Crippen LogP contribution in [0.5, 0.6) is 0 Å². The summed E-state index contributed by atoms with van der Waals surface area (Å²) in [4.78, 5) is 22.0. The van der Waals surface area contributed by atoms with Gasteiger partial charge >= 0.3 is 6.09 Å². The van der Waals surface area contributed by atoms with E-state index < -0.39 is 28.2 Å². The van der Waals surface area contributed by atoms with Crippen LogP contribution < -0.4 is 10.0 Å². The third-order valence-corrected chi connectivity index (χ3v) is 10.1. The molecule has 0 aliphatic rings. The van der Waals surface area contributed by atoms with Gasteiger partial charge in [-0.2, -0.15) is 0 Å². The van der Waals surface area contributed by atoms with Crippen molar-refractivity contribution in [1.82, 2.24) is 15.0 Å². The average molecular weight is 657 g/mol. The second kappa shape index (κ2) is 15.2. The molecule has 5 aromatic rings. The van der Waals surface area contributed by atoms with Gasteiger partial charge in [-0.05, 0) is 60.7 Å². The van der Waals surface area contributed by atoms with Crippen LogP contribution in [0.1, 0.15) is 36.0 Å². The van der Waals surface area contributed by atoms with Crippen molar-refractivity contribution in [1.29, 1.82) is 0 Å². The monoisotopic (exact) mass is 656 g/mol. The lowest BCUT2D eigenvalue weighted by Crippen LogP contribution is -2.44. The molecule has 0 bridgehead atoms. The molecule has 238 valence electrons. The number of aryl methyl sites for hydroxylation is 1. The summed E-state index contributed by atoms with van der Waals surface area (Å²) in [6.45, 7) is 1.51. The van der Waals surface area contributed by atoms with Crippen LogP contribution in [0.25, 0.3) is 10.2 Å². The second-order valence-corrected chi connectivity index (χ2v) is 13.4. The molecule has 0 radical (unpaired) electrons. The lowest BCUT2D eigenvalue weighted by atomic mass is 9.83. The van der Waals surface area contributed by atoms with E-state index in [9.17, 15) is 18.3 Å². The van der Waals surface area contributed by atoms with E-state index in [0.717, 1.165) is 26.9 Å². The molecule has 0 saturated carbocycles.